The molecule has 0 bridgehead atoms. The summed E-state index contributed by atoms with van der Waals surface area (Å²) in [4.78, 5) is 22.5. The zero-order valence-corrected chi connectivity index (χ0v) is 11.2. The van der Waals surface area contributed by atoms with Gasteiger partial charge in [0.05, 0.1) is 18.8 Å². The minimum absolute atomic E-state index is 0.0420. The Kier molecular flexibility index (Phi) is 5.05. The zero-order chi connectivity index (χ0) is 14.4. The Morgan fingerprint density at radius 2 is 2.30 bits per heavy atom. The summed E-state index contributed by atoms with van der Waals surface area (Å²) in [6.45, 7) is 0.897. The molecule has 1 fully saturated rings. The highest BCUT2D eigenvalue weighted by molar-refractivity contribution is 5.81. The van der Waals surface area contributed by atoms with E-state index in [1.54, 1.807) is 0 Å². The van der Waals surface area contributed by atoms with Crippen molar-refractivity contribution >= 4 is 11.9 Å². The van der Waals surface area contributed by atoms with Gasteiger partial charge in [-0.05, 0) is 19.4 Å². The van der Waals surface area contributed by atoms with Crippen LogP contribution in [0.25, 0.3) is 0 Å². The number of nitrogens with one attached hydrogen (secondary N) is 2. The summed E-state index contributed by atoms with van der Waals surface area (Å²) in [5.41, 5.74) is 0.549. The lowest BCUT2D eigenvalue weighted by atomic mass is 10.1. The SMILES string of the molecule is O=C(O)Cn1cc(CNC(=O)C2CCCCCN2)nn1. The van der Waals surface area contributed by atoms with Crippen LogP contribution in [0.4, 0.5) is 0 Å². The highest BCUT2D eigenvalue weighted by Crippen LogP contribution is 2.08. The molecule has 0 spiro atoms. The van der Waals surface area contributed by atoms with E-state index in [4.69, 9.17) is 5.11 Å². The molecule has 2 heterocycles. The molecule has 1 aliphatic heterocycles. The van der Waals surface area contributed by atoms with Crippen molar-refractivity contribution in [3.8, 4) is 0 Å². The zero-order valence-electron chi connectivity index (χ0n) is 11.2. The predicted octanol–water partition coefficient (Wildman–Crippen LogP) is -0.489. The second kappa shape index (κ2) is 6.99. The monoisotopic (exact) mass is 281 g/mol. The van der Waals surface area contributed by atoms with Crippen molar-refractivity contribution < 1.29 is 14.7 Å². The van der Waals surface area contributed by atoms with Gasteiger partial charge in [-0.1, -0.05) is 18.1 Å². The van der Waals surface area contributed by atoms with E-state index in [0.29, 0.717) is 5.69 Å². The molecule has 0 aromatic carbocycles. The number of carboxylic acid groups (broad SMARTS) is 1. The Bertz CT molecular complexity index is 465. The van der Waals surface area contributed by atoms with E-state index in [-0.39, 0.29) is 25.0 Å². The highest BCUT2D eigenvalue weighted by atomic mass is 16.4. The number of carbonyl (C=O) groups excluding carboxylic acids is 1. The quantitative estimate of drug-likeness (QED) is 0.672. The van der Waals surface area contributed by atoms with Crippen LogP contribution in [-0.4, -0.2) is 44.6 Å². The second-order valence-corrected chi connectivity index (χ2v) is 4.88. The molecular formula is C12H19N5O3. The lowest BCUT2D eigenvalue weighted by molar-refractivity contribution is -0.138. The third-order valence-electron chi connectivity index (χ3n) is 3.20. The van der Waals surface area contributed by atoms with Gasteiger partial charge in [-0.25, -0.2) is 4.68 Å². The van der Waals surface area contributed by atoms with Crippen molar-refractivity contribution in [3.05, 3.63) is 11.9 Å². The van der Waals surface area contributed by atoms with E-state index in [1.807, 2.05) is 0 Å². The van der Waals surface area contributed by atoms with Crippen molar-refractivity contribution in [2.45, 2.75) is 44.8 Å². The molecule has 1 saturated heterocycles. The van der Waals surface area contributed by atoms with Gasteiger partial charge in [-0.15, -0.1) is 5.10 Å². The number of aliphatic carboxylic acids is 1. The number of hydrogen-bond acceptors (Lipinski definition) is 5. The van der Waals surface area contributed by atoms with E-state index in [2.05, 4.69) is 20.9 Å². The minimum atomic E-state index is -0.979. The van der Waals surface area contributed by atoms with Crippen molar-refractivity contribution in [3.63, 3.8) is 0 Å². The maximum atomic E-state index is 12.0. The first-order valence-electron chi connectivity index (χ1n) is 6.77. The molecule has 8 heteroatoms. The van der Waals surface area contributed by atoms with Gasteiger partial charge >= 0.3 is 5.97 Å². The number of carboxylic acids is 1. The molecule has 2 rings (SSSR count). The Morgan fingerprint density at radius 1 is 1.45 bits per heavy atom. The lowest BCUT2D eigenvalue weighted by Gasteiger charge is -2.14. The van der Waals surface area contributed by atoms with Crippen molar-refractivity contribution in [1.82, 2.24) is 25.6 Å². The first-order valence-corrected chi connectivity index (χ1v) is 6.77. The molecule has 110 valence electrons. The molecule has 1 unspecified atom stereocenters. The van der Waals surface area contributed by atoms with Crippen LogP contribution < -0.4 is 10.6 Å². The largest absolute Gasteiger partial charge is 0.480 e. The fourth-order valence-corrected chi connectivity index (χ4v) is 2.19. The second-order valence-electron chi connectivity index (χ2n) is 4.88. The van der Waals surface area contributed by atoms with Crippen LogP contribution >= 0.6 is 0 Å². The molecule has 1 atom stereocenters. The summed E-state index contributed by atoms with van der Waals surface area (Å²) >= 11 is 0. The number of nitrogens with zero attached hydrogens (tertiary/aromatic N) is 3. The molecule has 1 aliphatic rings. The molecule has 0 aliphatic carbocycles. The van der Waals surface area contributed by atoms with Gasteiger partial charge in [0, 0.05) is 0 Å². The van der Waals surface area contributed by atoms with Gasteiger partial charge in [0.15, 0.2) is 0 Å². The van der Waals surface area contributed by atoms with Crippen LogP contribution in [0.1, 0.15) is 31.4 Å². The van der Waals surface area contributed by atoms with E-state index in [9.17, 15) is 9.59 Å². The van der Waals surface area contributed by atoms with Crippen LogP contribution in [0.2, 0.25) is 0 Å². The van der Waals surface area contributed by atoms with E-state index < -0.39 is 5.97 Å². The van der Waals surface area contributed by atoms with E-state index in [0.717, 1.165) is 32.2 Å². The van der Waals surface area contributed by atoms with Gasteiger partial charge in [-0.2, -0.15) is 0 Å². The van der Waals surface area contributed by atoms with Crippen LogP contribution in [0, 0.1) is 0 Å². The van der Waals surface area contributed by atoms with Crippen molar-refractivity contribution in [2.24, 2.45) is 0 Å². The number of hydrogen-bond donors (Lipinski definition) is 3. The van der Waals surface area contributed by atoms with Gasteiger partial charge in [0.2, 0.25) is 5.91 Å². The molecule has 8 nitrogen and oxygen atoms in total. The summed E-state index contributed by atoms with van der Waals surface area (Å²) in [6, 6.07) is -0.147. The third-order valence-corrected chi connectivity index (χ3v) is 3.20. The summed E-state index contributed by atoms with van der Waals surface area (Å²) in [5.74, 6) is -1.02. The summed E-state index contributed by atoms with van der Waals surface area (Å²) in [7, 11) is 0. The predicted molar refractivity (Wildman–Crippen MR) is 69.8 cm³/mol. The maximum Gasteiger partial charge on any atom is 0.325 e. The molecule has 1 aromatic rings. The number of rotatable bonds is 5. The molecule has 3 N–H and O–H groups in total. The van der Waals surface area contributed by atoms with Crippen molar-refractivity contribution in [1.29, 1.82) is 0 Å². The standard InChI is InChI=1S/C12H19N5O3/c18-11(19)8-17-7-9(15-16-17)6-14-12(20)10-4-2-1-3-5-13-10/h7,10,13H,1-6,8H2,(H,14,20)(H,18,19). The third kappa shape index (κ3) is 4.30. The van der Waals surface area contributed by atoms with E-state index >= 15 is 0 Å². The van der Waals surface area contributed by atoms with Crippen LogP contribution in [-0.2, 0) is 22.7 Å². The van der Waals surface area contributed by atoms with Gasteiger partial charge in [0.25, 0.3) is 0 Å². The topological polar surface area (TPSA) is 109 Å². The Labute approximate surface area is 116 Å². The summed E-state index contributed by atoms with van der Waals surface area (Å²) in [5, 5.41) is 22.1. The van der Waals surface area contributed by atoms with Gasteiger partial charge < -0.3 is 15.7 Å². The number of carbonyl (C=O) groups is 2. The summed E-state index contributed by atoms with van der Waals surface area (Å²) in [6.07, 6.45) is 5.68. The highest BCUT2D eigenvalue weighted by Gasteiger charge is 2.19. The van der Waals surface area contributed by atoms with Crippen molar-refractivity contribution in [2.75, 3.05) is 6.54 Å². The smallest absolute Gasteiger partial charge is 0.325 e. The van der Waals surface area contributed by atoms with Crippen LogP contribution in [0.5, 0.6) is 0 Å². The maximum absolute atomic E-state index is 12.0. The lowest BCUT2D eigenvalue weighted by Crippen LogP contribution is -2.43. The molecule has 0 radical (unpaired) electrons. The average Bonchev–Trinajstić information content (AvgIpc) is 2.67. The Hall–Kier alpha value is -1.96. The Balaban J connectivity index is 1.80. The number of aromatic nitrogens is 3. The molecule has 20 heavy (non-hydrogen) atoms. The molecular weight excluding hydrogens is 262 g/mol. The van der Waals surface area contributed by atoms with Crippen LogP contribution in [0.3, 0.4) is 0 Å². The first-order chi connectivity index (χ1) is 9.65. The fourth-order valence-electron chi connectivity index (χ4n) is 2.19. The average molecular weight is 281 g/mol. The normalized spacial score (nSPS) is 19.3. The molecule has 1 aromatic heterocycles. The first kappa shape index (κ1) is 14.4. The van der Waals surface area contributed by atoms with Gasteiger partial charge in [0.1, 0.15) is 12.2 Å². The minimum Gasteiger partial charge on any atom is -0.480 e. The molecule has 0 saturated carbocycles. The Morgan fingerprint density at radius 3 is 3.10 bits per heavy atom. The fraction of sp³-hybridized carbons (Fsp3) is 0.667. The molecule has 1 amide bonds. The van der Waals surface area contributed by atoms with Crippen LogP contribution in [0.15, 0.2) is 6.20 Å². The summed E-state index contributed by atoms with van der Waals surface area (Å²) < 4.78 is 1.23. The van der Waals surface area contributed by atoms with Gasteiger partial charge in [-0.3, -0.25) is 9.59 Å². The number of amides is 1. The van der Waals surface area contributed by atoms with E-state index in [1.165, 1.54) is 10.9 Å².